The molecule has 0 fully saturated rings. The predicted octanol–water partition coefficient (Wildman–Crippen LogP) is 6.42. The van der Waals surface area contributed by atoms with E-state index in [-0.39, 0.29) is 15.7 Å². The lowest BCUT2D eigenvalue weighted by Gasteiger charge is -2.28. The van der Waals surface area contributed by atoms with Gasteiger partial charge in [-0.3, -0.25) is 4.79 Å². The number of rotatable bonds is 5. The van der Waals surface area contributed by atoms with Gasteiger partial charge in [0.15, 0.2) is 5.11 Å². The molecule has 4 nitrogen and oxygen atoms in total. The van der Waals surface area contributed by atoms with Crippen molar-refractivity contribution in [2.45, 2.75) is 9.96 Å². The van der Waals surface area contributed by atoms with Crippen molar-refractivity contribution >= 4 is 75.3 Å². The van der Waals surface area contributed by atoms with Gasteiger partial charge in [-0.25, -0.2) is 0 Å². The van der Waals surface area contributed by atoms with Gasteiger partial charge < -0.3 is 16.0 Å². The Labute approximate surface area is 205 Å². The number of carbonyl (C=O) groups is 1. The van der Waals surface area contributed by atoms with Gasteiger partial charge in [-0.05, 0) is 47.6 Å². The number of thiocarbonyl (C=S) groups is 1. The number of nitrogens with one attached hydrogen (secondary N) is 3. The summed E-state index contributed by atoms with van der Waals surface area (Å²) in [4.78, 5) is 12.6. The Morgan fingerprint density at radius 2 is 1.39 bits per heavy atom. The predicted molar refractivity (Wildman–Crippen MR) is 134 cm³/mol. The van der Waals surface area contributed by atoms with Crippen LogP contribution in [-0.2, 0) is 0 Å². The summed E-state index contributed by atoms with van der Waals surface area (Å²) in [7, 11) is 0. The molecule has 9 heteroatoms. The molecule has 0 spiro atoms. The van der Waals surface area contributed by atoms with E-state index in [9.17, 15) is 4.79 Å². The second-order valence-electron chi connectivity index (χ2n) is 6.47. The molecule has 0 aliphatic carbocycles. The molecular weight excluding hydrogens is 496 g/mol. The second kappa shape index (κ2) is 10.5. The van der Waals surface area contributed by atoms with Gasteiger partial charge in [0.25, 0.3) is 5.91 Å². The Hall–Kier alpha value is -2.02. The topological polar surface area (TPSA) is 53.2 Å². The highest BCUT2D eigenvalue weighted by Crippen LogP contribution is 2.30. The first-order chi connectivity index (χ1) is 14.7. The van der Waals surface area contributed by atoms with E-state index in [2.05, 4.69) is 16.0 Å². The highest BCUT2D eigenvalue weighted by atomic mass is 35.6. The summed E-state index contributed by atoms with van der Waals surface area (Å²) in [6, 6.07) is 24.2. The summed E-state index contributed by atoms with van der Waals surface area (Å²) in [6.07, 6.45) is -1.11. The minimum atomic E-state index is -1.88. The number of alkyl halides is 3. The number of halogens is 4. The Bertz CT molecular complexity index is 1060. The molecule has 3 rings (SSSR count). The molecule has 0 aromatic heterocycles. The zero-order valence-electron chi connectivity index (χ0n) is 15.9. The van der Waals surface area contributed by atoms with Gasteiger partial charge in [-0.2, -0.15) is 0 Å². The molecule has 0 saturated heterocycles. The highest BCUT2D eigenvalue weighted by molar-refractivity contribution is 7.80. The third kappa shape index (κ3) is 6.73. The van der Waals surface area contributed by atoms with E-state index in [1.165, 1.54) is 0 Å². The van der Waals surface area contributed by atoms with Crippen molar-refractivity contribution < 1.29 is 4.79 Å². The average Bonchev–Trinajstić information content (AvgIpc) is 2.74. The van der Waals surface area contributed by atoms with Crippen LogP contribution in [0.15, 0.2) is 78.9 Å². The van der Waals surface area contributed by atoms with E-state index in [4.69, 9.17) is 58.6 Å². The van der Waals surface area contributed by atoms with E-state index >= 15 is 0 Å². The van der Waals surface area contributed by atoms with Crippen molar-refractivity contribution in [2.24, 2.45) is 0 Å². The molecule has 0 unspecified atom stereocenters. The summed E-state index contributed by atoms with van der Waals surface area (Å²) in [5.41, 5.74) is 3.16. The summed E-state index contributed by atoms with van der Waals surface area (Å²) >= 11 is 29.5. The van der Waals surface area contributed by atoms with Crippen molar-refractivity contribution in [3.63, 3.8) is 0 Å². The van der Waals surface area contributed by atoms with E-state index in [1.54, 1.807) is 24.3 Å². The standard InChI is InChI=1S/C22H17Cl4N3OS/c23-18-9-5-4-8-17(18)19(30)28-20(22(24,25)26)29-21(31)27-16-12-10-15(11-13-16)14-6-2-1-3-7-14/h1-13,20H,(H,28,30)(H2,27,29,31)/t20-/m0/s1. The Balaban J connectivity index is 1.66. The van der Waals surface area contributed by atoms with Crippen LogP contribution in [0.25, 0.3) is 11.1 Å². The van der Waals surface area contributed by atoms with Crippen molar-refractivity contribution in [1.82, 2.24) is 10.6 Å². The van der Waals surface area contributed by atoms with E-state index in [0.717, 1.165) is 16.8 Å². The van der Waals surface area contributed by atoms with Gasteiger partial charge in [0.1, 0.15) is 6.17 Å². The molecule has 0 aliphatic heterocycles. The molecule has 3 N–H and O–H groups in total. The monoisotopic (exact) mass is 511 g/mol. The SMILES string of the molecule is O=C(N[C@@H](NC(=S)Nc1ccc(-c2ccccc2)cc1)C(Cl)(Cl)Cl)c1ccccc1Cl. The van der Waals surface area contributed by atoms with Gasteiger partial charge in [0.2, 0.25) is 3.79 Å². The second-order valence-corrected chi connectivity index (χ2v) is 9.65. The third-order valence-electron chi connectivity index (χ3n) is 4.25. The van der Waals surface area contributed by atoms with Crippen molar-refractivity contribution in [3.05, 3.63) is 89.4 Å². The summed E-state index contributed by atoms with van der Waals surface area (Å²) < 4.78 is -1.88. The molecule has 3 aromatic rings. The number of carbonyl (C=O) groups excluding carboxylic acids is 1. The molecule has 31 heavy (non-hydrogen) atoms. The van der Waals surface area contributed by atoms with Crippen LogP contribution >= 0.6 is 58.6 Å². The minimum Gasteiger partial charge on any atom is -0.339 e. The molecule has 0 radical (unpaired) electrons. The lowest BCUT2D eigenvalue weighted by molar-refractivity contribution is 0.0934. The zero-order valence-corrected chi connectivity index (χ0v) is 19.8. The molecule has 0 aliphatic rings. The molecule has 1 amide bonds. The van der Waals surface area contributed by atoms with Gasteiger partial charge in [-0.15, -0.1) is 0 Å². The lowest BCUT2D eigenvalue weighted by Crippen LogP contribution is -2.56. The number of hydrogen-bond acceptors (Lipinski definition) is 2. The largest absolute Gasteiger partial charge is 0.339 e. The number of amides is 1. The third-order valence-corrected chi connectivity index (χ3v) is 5.45. The Kier molecular flexibility index (Phi) is 8.03. The van der Waals surface area contributed by atoms with Crippen LogP contribution in [0.4, 0.5) is 5.69 Å². The van der Waals surface area contributed by atoms with E-state index < -0.39 is 15.9 Å². The molecule has 160 valence electrons. The highest BCUT2D eigenvalue weighted by Gasteiger charge is 2.35. The van der Waals surface area contributed by atoms with Gasteiger partial charge in [-0.1, -0.05) is 101 Å². The number of hydrogen-bond donors (Lipinski definition) is 3. The minimum absolute atomic E-state index is 0.170. The van der Waals surface area contributed by atoms with Crippen LogP contribution in [0, 0.1) is 0 Å². The van der Waals surface area contributed by atoms with Gasteiger partial charge >= 0.3 is 0 Å². The first-order valence-electron chi connectivity index (χ1n) is 9.09. The normalized spacial score (nSPS) is 12.0. The first-order valence-corrected chi connectivity index (χ1v) is 11.0. The fraction of sp³-hybridized carbons (Fsp3) is 0.0909. The molecule has 0 heterocycles. The fourth-order valence-electron chi connectivity index (χ4n) is 2.73. The van der Waals surface area contributed by atoms with Crippen molar-refractivity contribution in [3.8, 4) is 11.1 Å². The first kappa shape index (κ1) is 23.6. The maximum absolute atomic E-state index is 12.6. The summed E-state index contributed by atoms with van der Waals surface area (Å²) in [5.74, 6) is -0.510. The van der Waals surface area contributed by atoms with Crippen LogP contribution in [0.5, 0.6) is 0 Å². The maximum atomic E-state index is 12.6. The average molecular weight is 513 g/mol. The summed E-state index contributed by atoms with van der Waals surface area (Å²) in [6.45, 7) is 0. The van der Waals surface area contributed by atoms with Crippen molar-refractivity contribution in [1.29, 1.82) is 0 Å². The number of anilines is 1. The van der Waals surface area contributed by atoms with Gasteiger partial charge in [0, 0.05) is 5.69 Å². The summed E-state index contributed by atoms with van der Waals surface area (Å²) in [5, 5.41) is 8.89. The van der Waals surface area contributed by atoms with Crippen molar-refractivity contribution in [2.75, 3.05) is 5.32 Å². The molecule has 1 atom stereocenters. The van der Waals surface area contributed by atoms with Crippen LogP contribution in [-0.4, -0.2) is 21.0 Å². The number of benzene rings is 3. The Morgan fingerprint density at radius 1 is 0.806 bits per heavy atom. The van der Waals surface area contributed by atoms with Crippen LogP contribution in [0.3, 0.4) is 0 Å². The van der Waals surface area contributed by atoms with Gasteiger partial charge in [0.05, 0.1) is 10.6 Å². The fourth-order valence-corrected chi connectivity index (χ4v) is 3.51. The van der Waals surface area contributed by atoms with E-state index in [1.807, 2.05) is 54.6 Å². The maximum Gasteiger partial charge on any atom is 0.254 e. The Morgan fingerprint density at radius 3 is 2.00 bits per heavy atom. The quantitative estimate of drug-likeness (QED) is 0.210. The zero-order chi connectivity index (χ0) is 22.4. The lowest BCUT2D eigenvalue weighted by atomic mass is 10.1. The van der Waals surface area contributed by atoms with Crippen LogP contribution < -0.4 is 16.0 Å². The molecule has 0 saturated carbocycles. The molecule has 3 aromatic carbocycles. The smallest absolute Gasteiger partial charge is 0.254 e. The van der Waals surface area contributed by atoms with Crippen LogP contribution in [0.1, 0.15) is 10.4 Å². The molecule has 0 bridgehead atoms. The van der Waals surface area contributed by atoms with Crippen LogP contribution in [0.2, 0.25) is 5.02 Å². The van der Waals surface area contributed by atoms with E-state index in [0.29, 0.717) is 0 Å². The molecular formula is C22H17Cl4N3OS.